The Bertz CT molecular complexity index is 831. The Hall–Kier alpha value is -2.05. The van der Waals surface area contributed by atoms with Crippen molar-refractivity contribution in [1.29, 1.82) is 0 Å². The standard InChI is InChI=1S/C16H14ClNO4S/c1-11-2-8-14(9-3-11)23(20,21)18-15(10-22-16(18)19)12-4-6-13(17)7-5-12/h2-9,15H,10H2,1H3. The lowest BCUT2D eigenvalue weighted by Gasteiger charge is -2.21. The van der Waals surface area contributed by atoms with Crippen LogP contribution in [0.1, 0.15) is 17.2 Å². The summed E-state index contributed by atoms with van der Waals surface area (Å²) in [4.78, 5) is 12.1. The number of sulfonamides is 1. The molecule has 2 aromatic rings. The van der Waals surface area contributed by atoms with Crippen LogP contribution in [-0.2, 0) is 14.8 Å². The Balaban J connectivity index is 2.02. The van der Waals surface area contributed by atoms with Crippen molar-refractivity contribution in [1.82, 2.24) is 4.31 Å². The fourth-order valence-corrected chi connectivity index (χ4v) is 4.01. The molecule has 0 saturated carbocycles. The van der Waals surface area contributed by atoms with Gasteiger partial charge >= 0.3 is 6.09 Å². The first kappa shape index (κ1) is 15.8. The molecule has 1 atom stereocenters. The van der Waals surface area contributed by atoms with Crippen LogP contribution < -0.4 is 0 Å². The number of hydrogen-bond acceptors (Lipinski definition) is 4. The van der Waals surface area contributed by atoms with Crippen molar-refractivity contribution < 1.29 is 17.9 Å². The van der Waals surface area contributed by atoms with E-state index in [1.807, 2.05) is 6.92 Å². The van der Waals surface area contributed by atoms with Gasteiger partial charge in [0.1, 0.15) is 12.6 Å². The molecule has 1 fully saturated rings. The highest BCUT2D eigenvalue weighted by molar-refractivity contribution is 7.89. The summed E-state index contributed by atoms with van der Waals surface area (Å²) in [5, 5.41) is 0.534. The molecule has 0 spiro atoms. The van der Waals surface area contributed by atoms with E-state index in [4.69, 9.17) is 16.3 Å². The molecule has 1 aliphatic heterocycles. The van der Waals surface area contributed by atoms with Gasteiger partial charge in [0.15, 0.2) is 0 Å². The largest absolute Gasteiger partial charge is 0.446 e. The Morgan fingerprint density at radius 3 is 2.30 bits per heavy atom. The first-order valence-electron chi connectivity index (χ1n) is 6.93. The van der Waals surface area contributed by atoms with E-state index in [1.54, 1.807) is 36.4 Å². The van der Waals surface area contributed by atoms with Crippen LogP contribution in [-0.4, -0.2) is 25.4 Å². The zero-order valence-electron chi connectivity index (χ0n) is 12.3. The first-order valence-corrected chi connectivity index (χ1v) is 8.75. The lowest BCUT2D eigenvalue weighted by atomic mass is 10.1. The fraction of sp³-hybridized carbons (Fsp3) is 0.188. The predicted octanol–water partition coefficient (Wildman–Crippen LogP) is 3.53. The molecule has 7 heteroatoms. The van der Waals surface area contributed by atoms with E-state index < -0.39 is 22.2 Å². The minimum absolute atomic E-state index is 0.0223. The van der Waals surface area contributed by atoms with Crippen molar-refractivity contribution in [2.45, 2.75) is 17.9 Å². The monoisotopic (exact) mass is 351 g/mol. The Morgan fingerprint density at radius 2 is 1.70 bits per heavy atom. The van der Waals surface area contributed by atoms with Gasteiger partial charge in [-0.05, 0) is 36.8 Å². The van der Waals surface area contributed by atoms with Gasteiger partial charge in [-0.1, -0.05) is 41.4 Å². The van der Waals surface area contributed by atoms with Gasteiger partial charge in [0.05, 0.1) is 4.90 Å². The highest BCUT2D eigenvalue weighted by atomic mass is 35.5. The SMILES string of the molecule is Cc1ccc(S(=O)(=O)N2C(=O)OCC2c2ccc(Cl)cc2)cc1. The van der Waals surface area contributed by atoms with Crippen LogP contribution in [0.4, 0.5) is 4.79 Å². The van der Waals surface area contributed by atoms with Gasteiger partial charge in [0.2, 0.25) is 0 Å². The van der Waals surface area contributed by atoms with Gasteiger partial charge in [0.25, 0.3) is 10.0 Å². The number of carbonyl (C=O) groups excluding carboxylic acids is 1. The van der Waals surface area contributed by atoms with Crippen LogP contribution in [0.2, 0.25) is 5.02 Å². The number of hydrogen-bond donors (Lipinski definition) is 0. The summed E-state index contributed by atoms with van der Waals surface area (Å²) in [6.45, 7) is 1.84. The summed E-state index contributed by atoms with van der Waals surface area (Å²) in [6.07, 6.45) is -0.870. The maximum absolute atomic E-state index is 12.8. The second-order valence-electron chi connectivity index (χ2n) is 5.26. The van der Waals surface area contributed by atoms with Gasteiger partial charge in [-0.3, -0.25) is 0 Å². The Kier molecular flexibility index (Phi) is 4.04. The van der Waals surface area contributed by atoms with Gasteiger partial charge < -0.3 is 4.74 Å². The maximum atomic E-state index is 12.8. The summed E-state index contributed by atoms with van der Waals surface area (Å²) in [5.41, 5.74) is 1.58. The quantitative estimate of drug-likeness (QED) is 0.848. The predicted molar refractivity (Wildman–Crippen MR) is 85.7 cm³/mol. The average Bonchev–Trinajstić information content (AvgIpc) is 2.91. The van der Waals surface area contributed by atoms with Crippen LogP contribution in [0, 0.1) is 6.92 Å². The highest BCUT2D eigenvalue weighted by Crippen LogP contribution is 2.33. The lowest BCUT2D eigenvalue weighted by molar-refractivity contribution is 0.170. The molecule has 2 aromatic carbocycles. The molecular weight excluding hydrogens is 338 g/mol. The normalized spacial score (nSPS) is 18.1. The second kappa shape index (κ2) is 5.86. The van der Waals surface area contributed by atoms with E-state index in [-0.39, 0.29) is 11.5 Å². The Labute approximate surface area is 139 Å². The molecule has 1 amide bonds. The van der Waals surface area contributed by atoms with E-state index in [0.29, 0.717) is 10.6 Å². The third-order valence-electron chi connectivity index (χ3n) is 3.66. The zero-order chi connectivity index (χ0) is 16.6. The third-order valence-corrected chi connectivity index (χ3v) is 5.70. The van der Waals surface area contributed by atoms with Crippen LogP contribution in [0.15, 0.2) is 53.4 Å². The minimum Gasteiger partial charge on any atom is -0.446 e. The number of amides is 1. The second-order valence-corrected chi connectivity index (χ2v) is 7.51. The molecule has 0 aromatic heterocycles. The molecule has 0 bridgehead atoms. The fourth-order valence-electron chi connectivity index (χ4n) is 2.41. The molecule has 0 aliphatic carbocycles. The molecule has 23 heavy (non-hydrogen) atoms. The summed E-state index contributed by atoms with van der Waals surface area (Å²) in [5.74, 6) is 0. The zero-order valence-corrected chi connectivity index (χ0v) is 13.8. The lowest BCUT2D eigenvalue weighted by Crippen LogP contribution is -2.34. The number of carbonyl (C=O) groups is 1. The van der Waals surface area contributed by atoms with Crippen molar-refractivity contribution in [3.8, 4) is 0 Å². The number of halogens is 1. The van der Waals surface area contributed by atoms with Gasteiger partial charge in [-0.2, -0.15) is 4.31 Å². The number of nitrogens with zero attached hydrogens (tertiary/aromatic N) is 1. The number of cyclic esters (lactones) is 1. The van der Waals surface area contributed by atoms with Gasteiger partial charge in [-0.25, -0.2) is 13.2 Å². The average molecular weight is 352 g/mol. The van der Waals surface area contributed by atoms with Crippen LogP contribution in [0.3, 0.4) is 0 Å². The van der Waals surface area contributed by atoms with E-state index in [2.05, 4.69) is 0 Å². The third kappa shape index (κ3) is 2.92. The van der Waals surface area contributed by atoms with Crippen molar-refractivity contribution >= 4 is 27.7 Å². The summed E-state index contributed by atoms with van der Waals surface area (Å²) >= 11 is 5.85. The number of ether oxygens (including phenoxy) is 1. The first-order chi connectivity index (χ1) is 10.9. The Morgan fingerprint density at radius 1 is 1.09 bits per heavy atom. The van der Waals surface area contributed by atoms with E-state index in [0.717, 1.165) is 9.87 Å². The van der Waals surface area contributed by atoms with Crippen molar-refractivity contribution in [3.63, 3.8) is 0 Å². The molecule has 1 aliphatic rings. The summed E-state index contributed by atoms with van der Waals surface area (Å²) < 4.78 is 31.4. The molecule has 3 rings (SSSR count). The molecule has 1 saturated heterocycles. The maximum Gasteiger partial charge on any atom is 0.424 e. The number of aryl methyl sites for hydroxylation is 1. The number of rotatable bonds is 3. The topological polar surface area (TPSA) is 63.7 Å². The van der Waals surface area contributed by atoms with Crippen molar-refractivity contribution in [2.75, 3.05) is 6.61 Å². The molecular formula is C16H14ClNO4S. The van der Waals surface area contributed by atoms with Crippen molar-refractivity contribution in [2.24, 2.45) is 0 Å². The summed E-state index contributed by atoms with van der Waals surface area (Å²) in [7, 11) is -3.99. The van der Waals surface area contributed by atoms with Gasteiger partial charge in [-0.15, -0.1) is 0 Å². The van der Waals surface area contributed by atoms with E-state index in [1.165, 1.54) is 12.1 Å². The van der Waals surface area contributed by atoms with E-state index >= 15 is 0 Å². The molecule has 0 radical (unpaired) electrons. The van der Waals surface area contributed by atoms with E-state index in [9.17, 15) is 13.2 Å². The molecule has 5 nitrogen and oxygen atoms in total. The molecule has 1 unspecified atom stereocenters. The van der Waals surface area contributed by atoms with Gasteiger partial charge in [0, 0.05) is 5.02 Å². The molecule has 120 valence electrons. The van der Waals surface area contributed by atoms with Crippen LogP contribution >= 0.6 is 11.6 Å². The van der Waals surface area contributed by atoms with Crippen LogP contribution in [0.25, 0.3) is 0 Å². The summed E-state index contributed by atoms with van der Waals surface area (Å²) in [6, 6.07) is 12.3. The smallest absolute Gasteiger partial charge is 0.424 e. The highest BCUT2D eigenvalue weighted by Gasteiger charge is 2.43. The van der Waals surface area contributed by atoms with Crippen molar-refractivity contribution in [3.05, 3.63) is 64.7 Å². The minimum atomic E-state index is -3.99. The van der Waals surface area contributed by atoms with Crippen LogP contribution in [0.5, 0.6) is 0 Å². The molecule has 0 N–H and O–H groups in total. The number of benzene rings is 2. The molecule has 1 heterocycles.